The van der Waals surface area contributed by atoms with Crippen molar-refractivity contribution in [3.05, 3.63) is 12.7 Å². The minimum absolute atomic E-state index is 0.244. The van der Waals surface area contributed by atoms with Crippen LogP contribution in [-0.2, 0) is 9.47 Å². The van der Waals surface area contributed by atoms with Crippen LogP contribution in [0.3, 0.4) is 0 Å². The summed E-state index contributed by atoms with van der Waals surface area (Å²) in [5.74, 6) is 0.296. The average Bonchev–Trinajstić information content (AvgIpc) is 3.02. The van der Waals surface area contributed by atoms with Crippen molar-refractivity contribution in [2.75, 3.05) is 26.5 Å². The number of hydrogen-bond acceptors (Lipinski definition) is 8. The number of nitrogens with two attached hydrogens (primary N) is 1. The van der Waals surface area contributed by atoms with Crippen molar-refractivity contribution in [3.63, 3.8) is 0 Å². The summed E-state index contributed by atoms with van der Waals surface area (Å²) in [7, 11) is 3.37. The number of nitrogens with zero attached hydrogens (tertiary/aromatic N) is 4. The highest BCUT2D eigenvalue weighted by Crippen LogP contribution is 2.31. The van der Waals surface area contributed by atoms with Gasteiger partial charge in [-0.3, -0.25) is 4.57 Å². The molecule has 4 atom stereocenters. The summed E-state index contributed by atoms with van der Waals surface area (Å²) in [5.41, 5.74) is 6.79. The lowest BCUT2D eigenvalue weighted by atomic mass is 10.1. The first-order valence-corrected chi connectivity index (χ1v) is 6.60. The Morgan fingerprint density at radius 1 is 1.48 bits per heavy atom. The minimum Gasteiger partial charge on any atom is -0.387 e. The van der Waals surface area contributed by atoms with E-state index in [-0.39, 0.29) is 12.1 Å². The molecule has 21 heavy (non-hydrogen) atoms. The number of hydrogen-bond donors (Lipinski definition) is 3. The molecule has 3 rings (SSSR count). The second-order valence-corrected chi connectivity index (χ2v) is 4.91. The van der Waals surface area contributed by atoms with E-state index in [1.807, 2.05) is 0 Å². The molecular formula is C12H18N6O3. The van der Waals surface area contributed by atoms with Crippen LogP contribution in [0.5, 0.6) is 0 Å². The monoisotopic (exact) mass is 294 g/mol. The second kappa shape index (κ2) is 5.53. The third kappa shape index (κ3) is 2.23. The molecule has 0 saturated carbocycles. The van der Waals surface area contributed by atoms with Gasteiger partial charge in [0.05, 0.1) is 19.0 Å². The predicted molar refractivity (Wildman–Crippen MR) is 74.4 cm³/mol. The van der Waals surface area contributed by atoms with Crippen molar-refractivity contribution in [1.82, 2.24) is 24.8 Å². The SMILES string of the molecule is CNC1C(COC)OC(n2cnc3c(N)ncnc32)C1O. The maximum absolute atomic E-state index is 10.5. The third-order valence-electron chi connectivity index (χ3n) is 3.70. The van der Waals surface area contributed by atoms with Crippen molar-refractivity contribution in [3.8, 4) is 0 Å². The molecule has 1 aliphatic heterocycles. The standard InChI is InChI=1S/C12H18N6O3/c1-14-7-6(3-20-2)21-12(9(7)19)18-5-17-8-10(13)15-4-16-11(8)18/h4-7,9,12,14,19H,3H2,1-2H3,(H2,13,15,16). The number of likely N-dealkylation sites (N-methyl/N-ethyl adjacent to an activating group) is 1. The van der Waals surface area contributed by atoms with E-state index in [0.717, 1.165) is 0 Å². The normalized spacial score (nSPS) is 29.3. The molecule has 0 radical (unpaired) electrons. The Hall–Kier alpha value is -1.81. The number of ether oxygens (including phenoxy) is 2. The van der Waals surface area contributed by atoms with Gasteiger partial charge in [0, 0.05) is 7.11 Å². The van der Waals surface area contributed by atoms with Gasteiger partial charge in [0.15, 0.2) is 17.7 Å². The summed E-state index contributed by atoms with van der Waals surface area (Å²) >= 11 is 0. The fourth-order valence-electron chi connectivity index (χ4n) is 2.69. The number of imidazole rings is 1. The van der Waals surface area contributed by atoms with Gasteiger partial charge in [-0.2, -0.15) is 0 Å². The van der Waals surface area contributed by atoms with Crippen LogP contribution in [0.25, 0.3) is 11.2 Å². The Bertz CT molecular complexity index is 632. The number of rotatable bonds is 4. The quantitative estimate of drug-likeness (QED) is 0.650. The van der Waals surface area contributed by atoms with Crippen LogP contribution in [0, 0.1) is 0 Å². The molecule has 3 heterocycles. The largest absolute Gasteiger partial charge is 0.387 e. The second-order valence-electron chi connectivity index (χ2n) is 4.91. The summed E-state index contributed by atoms with van der Waals surface area (Å²) in [6, 6.07) is -0.244. The number of nitrogens with one attached hydrogen (secondary N) is 1. The summed E-state index contributed by atoms with van der Waals surface area (Å²) in [5, 5.41) is 13.5. The lowest BCUT2D eigenvalue weighted by Gasteiger charge is -2.18. The molecule has 2 aromatic rings. The Kier molecular flexibility index (Phi) is 3.72. The molecule has 0 aromatic carbocycles. The van der Waals surface area contributed by atoms with E-state index in [1.54, 1.807) is 25.1 Å². The zero-order valence-corrected chi connectivity index (χ0v) is 11.8. The van der Waals surface area contributed by atoms with E-state index in [0.29, 0.717) is 23.6 Å². The van der Waals surface area contributed by atoms with Crippen molar-refractivity contribution >= 4 is 17.0 Å². The number of nitrogen functional groups attached to an aromatic ring is 1. The van der Waals surface area contributed by atoms with Crippen LogP contribution in [0.4, 0.5) is 5.82 Å². The van der Waals surface area contributed by atoms with E-state index in [2.05, 4.69) is 20.3 Å². The van der Waals surface area contributed by atoms with Gasteiger partial charge < -0.3 is 25.6 Å². The molecule has 0 spiro atoms. The van der Waals surface area contributed by atoms with E-state index in [1.165, 1.54) is 6.33 Å². The molecule has 114 valence electrons. The predicted octanol–water partition coefficient (Wildman–Crippen LogP) is -1.10. The lowest BCUT2D eigenvalue weighted by Crippen LogP contribution is -2.43. The Morgan fingerprint density at radius 3 is 3.00 bits per heavy atom. The number of aromatic nitrogens is 4. The topological polar surface area (TPSA) is 120 Å². The molecule has 2 aromatic heterocycles. The maximum Gasteiger partial charge on any atom is 0.167 e. The van der Waals surface area contributed by atoms with E-state index >= 15 is 0 Å². The van der Waals surface area contributed by atoms with Crippen molar-refractivity contribution in [2.24, 2.45) is 0 Å². The minimum atomic E-state index is -0.760. The molecule has 0 bridgehead atoms. The van der Waals surface area contributed by atoms with Crippen LogP contribution in [-0.4, -0.2) is 63.6 Å². The molecule has 9 nitrogen and oxygen atoms in total. The van der Waals surface area contributed by atoms with E-state index in [4.69, 9.17) is 15.2 Å². The Morgan fingerprint density at radius 2 is 2.29 bits per heavy atom. The lowest BCUT2D eigenvalue weighted by molar-refractivity contribution is -0.0545. The molecule has 1 aliphatic rings. The highest BCUT2D eigenvalue weighted by molar-refractivity contribution is 5.81. The van der Waals surface area contributed by atoms with Gasteiger partial charge in [-0.1, -0.05) is 0 Å². The first kappa shape index (κ1) is 14.1. The van der Waals surface area contributed by atoms with Crippen LogP contribution >= 0.6 is 0 Å². The average molecular weight is 294 g/mol. The first-order chi connectivity index (χ1) is 10.2. The number of fused-ring (bicyclic) bond motifs is 1. The van der Waals surface area contributed by atoms with Crippen LogP contribution in [0.1, 0.15) is 6.23 Å². The van der Waals surface area contributed by atoms with Crippen molar-refractivity contribution < 1.29 is 14.6 Å². The molecule has 0 amide bonds. The highest BCUT2D eigenvalue weighted by atomic mass is 16.6. The summed E-state index contributed by atoms with van der Waals surface area (Å²) in [6.45, 7) is 0.378. The number of aliphatic hydroxyl groups is 1. The zero-order valence-electron chi connectivity index (χ0n) is 11.8. The number of methoxy groups -OCH3 is 1. The van der Waals surface area contributed by atoms with E-state index < -0.39 is 12.3 Å². The molecule has 0 aliphatic carbocycles. The molecule has 4 N–H and O–H groups in total. The van der Waals surface area contributed by atoms with Crippen molar-refractivity contribution in [2.45, 2.75) is 24.5 Å². The van der Waals surface area contributed by atoms with Crippen LogP contribution in [0.15, 0.2) is 12.7 Å². The van der Waals surface area contributed by atoms with Crippen molar-refractivity contribution in [1.29, 1.82) is 0 Å². The van der Waals surface area contributed by atoms with Crippen LogP contribution < -0.4 is 11.1 Å². The zero-order chi connectivity index (χ0) is 15.0. The van der Waals surface area contributed by atoms with Gasteiger partial charge in [0.2, 0.25) is 0 Å². The van der Waals surface area contributed by atoms with Gasteiger partial charge in [-0.25, -0.2) is 15.0 Å². The molecule has 1 fully saturated rings. The summed E-state index contributed by atoms with van der Waals surface area (Å²) in [4.78, 5) is 12.3. The summed E-state index contributed by atoms with van der Waals surface area (Å²) in [6.07, 6.45) is 1.27. The molecule has 1 saturated heterocycles. The Labute approximate surface area is 121 Å². The maximum atomic E-state index is 10.5. The van der Waals surface area contributed by atoms with Crippen LogP contribution in [0.2, 0.25) is 0 Å². The smallest absolute Gasteiger partial charge is 0.167 e. The molecule has 9 heteroatoms. The van der Waals surface area contributed by atoms with Gasteiger partial charge in [0.25, 0.3) is 0 Å². The number of anilines is 1. The fraction of sp³-hybridized carbons (Fsp3) is 0.583. The molecule has 4 unspecified atom stereocenters. The van der Waals surface area contributed by atoms with E-state index in [9.17, 15) is 5.11 Å². The first-order valence-electron chi connectivity index (χ1n) is 6.60. The van der Waals surface area contributed by atoms with Gasteiger partial charge in [-0.05, 0) is 7.05 Å². The highest BCUT2D eigenvalue weighted by Gasteiger charge is 2.44. The third-order valence-corrected chi connectivity index (χ3v) is 3.70. The van der Waals surface area contributed by atoms with Gasteiger partial charge in [0.1, 0.15) is 24.1 Å². The molecular weight excluding hydrogens is 276 g/mol. The van der Waals surface area contributed by atoms with Gasteiger partial charge >= 0.3 is 0 Å². The van der Waals surface area contributed by atoms with Gasteiger partial charge in [-0.15, -0.1) is 0 Å². The fourth-order valence-corrected chi connectivity index (χ4v) is 2.69. The number of aliphatic hydroxyl groups excluding tert-OH is 1. The Balaban J connectivity index is 1.97. The summed E-state index contributed by atoms with van der Waals surface area (Å²) < 4.78 is 12.7.